The van der Waals surface area contributed by atoms with Gasteiger partial charge in [0.15, 0.2) is 13.1 Å². The molecular weight excluding hydrogens is 328 g/mol. The van der Waals surface area contributed by atoms with Gasteiger partial charge in [-0.05, 0) is 43.9 Å². The predicted molar refractivity (Wildman–Crippen MR) is 101 cm³/mol. The summed E-state index contributed by atoms with van der Waals surface area (Å²) in [7, 11) is 0. The molecule has 26 heavy (non-hydrogen) atoms. The van der Waals surface area contributed by atoms with E-state index in [0.29, 0.717) is 19.0 Å². The summed E-state index contributed by atoms with van der Waals surface area (Å²) in [5.74, 6) is 0.374. The maximum atomic E-state index is 12.4. The zero-order valence-corrected chi connectivity index (χ0v) is 16.1. The van der Waals surface area contributed by atoms with Crippen molar-refractivity contribution < 1.29 is 19.4 Å². The maximum absolute atomic E-state index is 12.4. The van der Waals surface area contributed by atoms with Crippen LogP contribution in [-0.2, 0) is 9.59 Å². The van der Waals surface area contributed by atoms with E-state index in [0.717, 1.165) is 63.4 Å². The Balaban J connectivity index is 1.41. The number of hydrogen-bond acceptors (Lipinski definition) is 2. The smallest absolute Gasteiger partial charge is 0.279 e. The second-order valence-corrected chi connectivity index (χ2v) is 7.74. The number of carbonyl (C=O) groups is 2. The van der Waals surface area contributed by atoms with Gasteiger partial charge in [-0.15, -0.1) is 0 Å². The Kier molecular flexibility index (Phi) is 6.27. The molecule has 0 saturated carbocycles. The Morgan fingerprint density at radius 3 is 2.27 bits per heavy atom. The van der Waals surface area contributed by atoms with Crippen LogP contribution in [0.2, 0.25) is 0 Å². The summed E-state index contributed by atoms with van der Waals surface area (Å²) < 4.78 is 0. The number of anilines is 1. The molecule has 0 bridgehead atoms. The Labute approximate surface area is 156 Å². The summed E-state index contributed by atoms with van der Waals surface area (Å²) in [6.45, 7) is 10.9. The molecule has 2 aliphatic rings. The Morgan fingerprint density at radius 1 is 1.00 bits per heavy atom. The normalized spacial score (nSPS) is 23.1. The fourth-order valence-electron chi connectivity index (χ4n) is 3.91. The van der Waals surface area contributed by atoms with Crippen LogP contribution in [-0.4, -0.2) is 69.1 Å². The van der Waals surface area contributed by atoms with Crippen LogP contribution in [0.15, 0.2) is 18.2 Å². The van der Waals surface area contributed by atoms with Gasteiger partial charge in [0.05, 0.1) is 0 Å². The summed E-state index contributed by atoms with van der Waals surface area (Å²) >= 11 is 0. The highest BCUT2D eigenvalue weighted by molar-refractivity contribution is 5.92. The first-order valence-corrected chi connectivity index (χ1v) is 9.84. The average Bonchev–Trinajstić information content (AvgIpc) is 3.15. The molecule has 1 aromatic carbocycles. The van der Waals surface area contributed by atoms with Gasteiger partial charge < -0.3 is 20.0 Å². The predicted octanol–water partition coefficient (Wildman–Crippen LogP) is -1.35. The van der Waals surface area contributed by atoms with Crippen molar-refractivity contribution in [2.45, 2.75) is 26.7 Å². The first-order valence-electron chi connectivity index (χ1n) is 9.84. The van der Waals surface area contributed by atoms with Crippen molar-refractivity contribution in [2.75, 3.05) is 57.7 Å². The van der Waals surface area contributed by atoms with E-state index >= 15 is 0 Å². The Bertz CT molecular complexity index is 647. The highest BCUT2D eigenvalue weighted by atomic mass is 16.2. The van der Waals surface area contributed by atoms with E-state index < -0.39 is 0 Å². The number of amides is 2. The van der Waals surface area contributed by atoms with Gasteiger partial charge in [0.25, 0.3) is 11.8 Å². The van der Waals surface area contributed by atoms with Crippen LogP contribution >= 0.6 is 0 Å². The van der Waals surface area contributed by atoms with Crippen LogP contribution < -0.4 is 15.1 Å². The zero-order chi connectivity index (χ0) is 18.5. The van der Waals surface area contributed by atoms with Crippen molar-refractivity contribution in [3.63, 3.8) is 0 Å². The van der Waals surface area contributed by atoms with Gasteiger partial charge in [0, 0.05) is 18.8 Å². The minimum Gasteiger partial charge on any atom is -0.338 e. The number of likely N-dealkylation sites (tertiary alicyclic amines) is 1. The number of aryl methyl sites for hydroxylation is 1. The summed E-state index contributed by atoms with van der Waals surface area (Å²) in [6.07, 6.45) is 2.29. The molecule has 0 unspecified atom stereocenters. The van der Waals surface area contributed by atoms with Crippen molar-refractivity contribution in [1.29, 1.82) is 0 Å². The van der Waals surface area contributed by atoms with Crippen LogP contribution in [0.25, 0.3) is 0 Å². The summed E-state index contributed by atoms with van der Waals surface area (Å²) in [5, 5.41) is 3.05. The minimum atomic E-state index is 0.0743. The molecule has 2 saturated heterocycles. The monoisotopic (exact) mass is 360 g/mol. The highest BCUT2D eigenvalue weighted by Gasteiger charge is 2.28. The second-order valence-electron chi connectivity index (χ2n) is 7.74. The van der Waals surface area contributed by atoms with Gasteiger partial charge in [-0.3, -0.25) is 9.59 Å². The first-order chi connectivity index (χ1) is 12.5. The molecule has 142 valence electrons. The number of nitrogens with one attached hydrogen (secondary N) is 3. The summed E-state index contributed by atoms with van der Waals surface area (Å²) in [5.41, 5.74) is 3.23. The Morgan fingerprint density at radius 2 is 1.62 bits per heavy atom. The highest BCUT2D eigenvalue weighted by Crippen LogP contribution is 2.17. The van der Waals surface area contributed by atoms with Crippen molar-refractivity contribution in [3.8, 4) is 0 Å². The van der Waals surface area contributed by atoms with E-state index in [1.54, 1.807) is 0 Å². The summed E-state index contributed by atoms with van der Waals surface area (Å²) in [6, 6.07) is 5.99. The number of hydrogen-bond donors (Lipinski definition) is 3. The standard InChI is InChI=1S/C20H30N4O2/c1-16-6-5-7-18(17(16)2)21-19(25)14-22-10-12-23(13-11-22)15-20(26)24-8-3-4-9-24/h5-7H,3-4,8-15H2,1-2H3,(H,21,25)/p+2. The number of quaternary nitrogens is 2. The average molecular weight is 361 g/mol. The van der Waals surface area contributed by atoms with Gasteiger partial charge in [-0.25, -0.2) is 0 Å². The van der Waals surface area contributed by atoms with Gasteiger partial charge >= 0.3 is 0 Å². The molecule has 3 N–H and O–H groups in total. The van der Waals surface area contributed by atoms with Crippen LogP contribution in [0.4, 0.5) is 5.69 Å². The van der Waals surface area contributed by atoms with E-state index in [9.17, 15) is 9.59 Å². The summed E-state index contributed by atoms with van der Waals surface area (Å²) in [4.78, 5) is 29.3. The number of carbonyl (C=O) groups excluding carboxylic acids is 2. The molecule has 0 aromatic heterocycles. The molecule has 2 fully saturated rings. The van der Waals surface area contributed by atoms with Gasteiger partial charge in [0.2, 0.25) is 0 Å². The minimum absolute atomic E-state index is 0.0743. The lowest BCUT2D eigenvalue weighted by Crippen LogP contribution is -3.28. The quantitative estimate of drug-likeness (QED) is 0.608. The van der Waals surface area contributed by atoms with Gasteiger partial charge in [-0.2, -0.15) is 0 Å². The van der Waals surface area contributed by atoms with Crippen LogP contribution in [0.5, 0.6) is 0 Å². The van der Waals surface area contributed by atoms with Gasteiger partial charge in [-0.1, -0.05) is 12.1 Å². The SMILES string of the molecule is Cc1cccc(NC(=O)C[NH+]2CC[NH+](CC(=O)N3CCCC3)CC2)c1C. The van der Waals surface area contributed by atoms with Crippen molar-refractivity contribution in [2.24, 2.45) is 0 Å². The third kappa shape index (κ3) is 4.83. The third-order valence-corrected chi connectivity index (χ3v) is 5.81. The molecule has 3 rings (SSSR count). The molecule has 2 heterocycles. The number of rotatable bonds is 5. The van der Waals surface area contributed by atoms with E-state index in [1.165, 1.54) is 15.4 Å². The molecule has 2 aliphatic heterocycles. The lowest BCUT2D eigenvalue weighted by Gasteiger charge is -2.30. The lowest BCUT2D eigenvalue weighted by molar-refractivity contribution is -1.00. The van der Waals surface area contributed by atoms with Crippen LogP contribution in [0.3, 0.4) is 0 Å². The molecule has 0 aliphatic carbocycles. The molecular formula is C20H32N4O2+2. The number of piperazine rings is 1. The molecule has 1 aromatic rings. The third-order valence-electron chi connectivity index (χ3n) is 5.81. The molecule has 6 heteroatoms. The fraction of sp³-hybridized carbons (Fsp3) is 0.600. The van der Waals surface area contributed by atoms with Gasteiger partial charge in [0.1, 0.15) is 26.2 Å². The van der Waals surface area contributed by atoms with E-state index in [4.69, 9.17) is 0 Å². The zero-order valence-electron chi connectivity index (χ0n) is 16.1. The molecule has 0 spiro atoms. The molecule has 2 amide bonds. The second kappa shape index (κ2) is 8.64. The van der Waals surface area contributed by atoms with Crippen molar-refractivity contribution in [1.82, 2.24) is 4.90 Å². The van der Waals surface area contributed by atoms with Crippen molar-refractivity contribution >= 4 is 17.5 Å². The number of nitrogens with zero attached hydrogens (tertiary/aromatic N) is 1. The first kappa shape index (κ1) is 18.9. The fourth-order valence-corrected chi connectivity index (χ4v) is 3.91. The molecule has 0 atom stereocenters. The molecule has 6 nitrogen and oxygen atoms in total. The van der Waals surface area contributed by atoms with E-state index in [2.05, 4.69) is 18.3 Å². The lowest BCUT2D eigenvalue weighted by atomic mass is 10.1. The maximum Gasteiger partial charge on any atom is 0.279 e. The largest absolute Gasteiger partial charge is 0.338 e. The van der Waals surface area contributed by atoms with E-state index in [-0.39, 0.29) is 5.91 Å². The molecule has 0 radical (unpaired) electrons. The van der Waals surface area contributed by atoms with Crippen LogP contribution in [0.1, 0.15) is 24.0 Å². The van der Waals surface area contributed by atoms with E-state index in [1.807, 2.05) is 24.0 Å². The van der Waals surface area contributed by atoms with Crippen LogP contribution in [0, 0.1) is 13.8 Å². The Hall–Kier alpha value is -1.92. The van der Waals surface area contributed by atoms with Crippen molar-refractivity contribution in [3.05, 3.63) is 29.3 Å². The topological polar surface area (TPSA) is 58.3 Å². The number of benzene rings is 1.